The van der Waals surface area contributed by atoms with E-state index in [-0.39, 0.29) is 65.5 Å². The molecule has 0 saturated carbocycles. The molecule has 0 rings (SSSR count). The molecule has 0 amide bonds. The summed E-state index contributed by atoms with van der Waals surface area (Å²) in [6, 6.07) is 0. The van der Waals surface area contributed by atoms with Crippen LogP contribution >= 0.6 is 7.60 Å². The molecule has 24 heavy (non-hydrogen) atoms. The van der Waals surface area contributed by atoms with Crippen LogP contribution in [0.3, 0.4) is 0 Å². The molecule has 0 aliphatic heterocycles. The third kappa shape index (κ3) is 19.9. The van der Waals surface area contributed by atoms with E-state index in [2.05, 4.69) is 6.92 Å². The molecule has 0 aliphatic rings. The second-order valence-corrected chi connectivity index (χ2v) is 7.96. The minimum atomic E-state index is -4.68. The maximum absolute atomic E-state index is 11.3. The number of hydrogen-bond acceptors (Lipinski definition) is 5. The average molecular weight is 380 g/mol. The molecule has 1 unspecified atom stereocenters. The Labute approximate surface area is 191 Å². The zero-order chi connectivity index (χ0) is 16.8. The van der Waals surface area contributed by atoms with Crippen molar-refractivity contribution in [2.24, 2.45) is 0 Å². The van der Waals surface area contributed by atoms with Gasteiger partial charge in [-0.05, 0) is 12.1 Å². The molecule has 0 fully saturated rings. The molecule has 0 spiro atoms. The van der Waals surface area contributed by atoms with Crippen molar-refractivity contribution in [2.45, 2.75) is 90.1 Å². The standard InChI is InChI=1S/C16H33O5P.2Na/c1-3-4-5-6-7-8-9-10-11-12-13-21-16(17)14-15(2)22(18,19)20;;/h15H,3-14H2,1-2H3,(H2,18,19,20);;/q;2*+1/p-2. The Bertz CT molecular complexity index is 336. The molecule has 0 heterocycles. The van der Waals surface area contributed by atoms with Gasteiger partial charge >= 0.3 is 65.1 Å². The average Bonchev–Trinajstić information content (AvgIpc) is 2.43. The Hall–Kier alpha value is 1.62. The van der Waals surface area contributed by atoms with Gasteiger partial charge in [0.1, 0.15) is 0 Å². The van der Waals surface area contributed by atoms with Crippen LogP contribution in [0, 0.1) is 0 Å². The molecular formula is C16H31Na2O5P. The summed E-state index contributed by atoms with van der Waals surface area (Å²) in [7, 11) is -4.68. The summed E-state index contributed by atoms with van der Waals surface area (Å²) in [4.78, 5) is 32.7. The predicted molar refractivity (Wildman–Crippen MR) is 84.5 cm³/mol. The Morgan fingerprint density at radius 3 is 1.75 bits per heavy atom. The topological polar surface area (TPSA) is 89.5 Å². The molecule has 0 aromatic rings. The van der Waals surface area contributed by atoms with Crippen LogP contribution in [0.1, 0.15) is 84.5 Å². The van der Waals surface area contributed by atoms with E-state index >= 15 is 0 Å². The van der Waals surface area contributed by atoms with E-state index in [0.29, 0.717) is 6.61 Å². The van der Waals surface area contributed by atoms with Gasteiger partial charge in [-0.3, -0.25) is 4.79 Å². The molecule has 5 nitrogen and oxygen atoms in total. The zero-order valence-corrected chi connectivity index (χ0v) is 20.9. The molecule has 0 N–H and O–H groups in total. The number of esters is 1. The van der Waals surface area contributed by atoms with E-state index in [4.69, 9.17) is 4.74 Å². The van der Waals surface area contributed by atoms with Crippen molar-refractivity contribution in [1.82, 2.24) is 0 Å². The van der Waals surface area contributed by atoms with Gasteiger partial charge in [0.2, 0.25) is 0 Å². The summed E-state index contributed by atoms with van der Waals surface area (Å²) in [6.45, 7) is 3.76. The van der Waals surface area contributed by atoms with E-state index in [1.54, 1.807) is 0 Å². The van der Waals surface area contributed by atoms with Gasteiger partial charge in [0.05, 0.1) is 13.0 Å². The fourth-order valence-electron chi connectivity index (χ4n) is 2.19. The number of carbonyl (C=O) groups excluding carboxylic acids is 1. The second kappa shape index (κ2) is 19.4. The van der Waals surface area contributed by atoms with Crippen molar-refractivity contribution >= 4 is 13.6 Å². The van der Waals surface area contributed by atoms with Crippen molar-refractivity contribution in [1.29, 1.82) is 0 Å². The first-order chi connectivity index (χ1) is 10.4. The zero-order valence-electron chi connectivity index (χ0n) is 16.1. The van der Waals surface area contributed by atoms with Crippen LogP contribution in [0.4, 0.5) is 0 Å². The van der Waals surface area contributed by atoms with E-state index in [0.717, 1.165) is 19.3 Å². The molecular weight excluding hydrogens is 349 g/mol. The third-order valence-electron chi connectivity index (χ3n) is 3.76. The maximum Gasteiger partial charge on any atom is 1.00 e. The van der Waals surface area contributed by atoms with Gasteiger partial charge in [-0.25, -0.2) is 0 Å². The van der Waals surface area contributed by atoms with E-state index in [1.165, 1.54) is 51.9 Å². The molecule has 0 saturated heterocycles. The molecule has 0 aliphatic carbocycles. The molecule has 8 heteroatoms. The van der Waals surface area contributed by atoms with Crippen LogP contribution in [-0.2, 0) is 14.1 Å². The van der Waals surface area contributed by atoms with E-state index in [1.807, 2.05) is 0 Å². The Morgan fingerprint density at radius 2 is 1.33 bits per heavy atom. The molecule has 0 bridgehead atoms. The minimum absolute atomic E-state index is 0. The van der Waals surface area contributed by atoms with Gasteiger partial charge in [0, 0.05) is 0 Å². The molecule has 0 aromatic heterocycles. The number of hydrogen-bond donors (Lipinski definition) is 0. The predicted octanol–water partition coefficient (Wildman–Crippen LogP) is -2.85. The summed E-state index contributed by atoms with van der Waals surface area (Å²) >= 11 is 0. The van der Waals surface area contributed by atoms with Crippen LogP contribution in [0.15, 0.2) is 0 Å². The quantitative estimate of drug-likeness (QED) is 0.140. The molecule has 132 valence electrons. The summed E-state index contributed by atoms with van der Waals surface area (Å²) in [5, 5.41) is 0. The van der Waals surface area contributed by atoms with Crippen LogP contribution in [0.2, 0.25) is 0 Å². The Kier molecular flexibility index (Phi) is 24.5. The van der Waals surface area contributed by atoms with E-state index < -0.39 is 19.2 Å². The maximum atomic E-state index is 11.3. The van der Waals surface area contributed by atoms with Gasteiger partial charge in [-0.15, -0.1) is 0 Å². The third-order valence-corrected chi connectivity index (χ3v) is 5.03. The van der Waals surface area contributed by atoms with E-state index in [9.17, 15) is 19.1 Å². The first-order valence-electron chi connectivity index (χ1n) is 8.55. The van der Waals surface area contributed by atoms with Gasteiger partial charge in [-0.1, -0.05) is 79.2 Å². The number of carbonyl (C=O) groups is 1. The van der Waals surface area contributed by atoms with Gasteiger partial charge in [0.15, 0.2) is 0 Å². The minimum Gasteiger partial charge on any atom is -0.811 e. The summed E-state index contributed by atoms with van der Waals surface area (Å²) in [5.41, 5.74) is -1.19. The molecule has 1 atom stereocenters. The summed E-state index contributed by atoms with van der Waals surface area (Å²) in [5.74, 6) is -0.602. The normalized spacial score (nSPS) is 12.0. The Balaban J connectivity index is -0.00000220. The van der Waals surface area contributed by atoms with Crippen molar-refractivity contribution in [2.75, 3.05) is 6.61 Å². The van der Waals surface area contributed by atoms with Crippen LogP contribution in [-0.4, -0.2) is 18.2 Å². The van der Waals surface area contributed by atoms with Crippen molar-refractivity contribution < 1.29 is 83.0 Å². The molecule has 0 aromatic carbocycles. The van der Waals surface area contributed by atoms with Crippen LogP contribution < -0.4 is 68.9 Å². The SMILES string of the molecule is CCCCCCCCCCCCOC(=O)CC(C)P(=O)([O-])[O-].[Na+].[Na+]. The monoisotopic (exact) mass is 380 g/mol. The van der Waals surface area contributed by atoms with Gasteiger partial charge in [-0.2, -0.15) is 0 Å². The fourth-order valence-corrected chi connectivity index (χ4v) is 2.56. The van der Waals surface area contributed by atoms with Crippen molar-refractivity contribution in [3.05, 3.63) is 0 Å². The summed E-state index contributed by atoms with van der Waals surface area (Å²) < 4.78 is 15.6. The first-order valence-corrected chi connectivity index (χ1v) is 10.2. The smallest absolute Gasteiger partial charge is 0.811 e. The number of rotatable bonds is 14. The summed E-state index contributed by atoms with van der Waals surface area (Å²) in [6.07, 6.45) is 11.7. The van der Waals surface area contributed by atoms with Gasteiger partial charge in [0.25, 0.3) is 0 Å². The largest absolute Gasteiger partial charge is 1.00 e. The number of unbranched alkanes of at least 4 members (excludes halogenated alkanes) is 9. The number of ether oxygens (including phenoxy) is 1. The van der Waals surface area contributed by atoms with Crippen LogP contribution in [0.25, 0.3) is 0 Å². The first kappa shape index (κ1) is 30.4. The van der Waals surface area contributed by atoms with Crippen LogP contribution in [0.5, 0.6) is 0 Å². The van der Waals surface area contributed by atoms with Crippen molar-refractivity contribution in [3.8, 4) is 0 Å². The molecule has 0 radical (unpaired) electrons. The fraction of sp³-hybridized carbons (Fsp3) is 0.938. The van der Waals surface area contributed by atoms with Crippen molar-refractivity contribution in [3.63, 3.8) is 0 Å². The second-order valence-electron chi connectivity index (χ2n) is 6.00. The Morgan fingerprint density at radius 1 is 0.917 bits per heavy atom. The van der Waals surface area contributed by atoms with Gasteiger partial charge < -0.3 is 19.1 Å².